The van der Waals surface area contributed by atoms with E-state index in [0.717, 1.165) is 21.3 Å². The molecule has 21 heavy (non-hydrogen) atoms. The highest BCUT2D eigenvalue weighted by Gasteiger charge is 2.23. The number of hydrogen-bond donors (Lipinski definition) is 3. The number of aryl methyl sites for hydroxylation is 1. The molecule has 0 fully saturated rings. The van der Waals surface area contributed by atoms with E-state index in [1.165, 1.54) is 11.5 Å². The minimum atomic E-state index is -0.835. The van der Waals surface area contributed by atoms with Crippen LogP contribution in [0.5, 0.6) is 0 Å². The molecule has 8 heteroatoms. The van der Waals surface area contributed by atoms with Crippen LogP contribution in [-0.2, 0) is 0 Å². The summed E-state index contributed by atoms with van der Waals surface area (Å²) in [5, 5.41) is 17.3. The van der Waals surface area contributed by atoms with Crippen molar-refractivity contribution in [2.75, 3.05) is 38.2 Å². The summed E-state index contributed by atoms with van der Waals surface area (Å²) in [7, 11) is 3.87. The van der Waals surface area contributed by atoms with Crippen molar-refractivity contribution in [3.05, 3.63) is 11.1 Å². The lowest BCUT2D eigenvalue weighted by atomic mass is 10.1. The molecule has 116 valence electrons. The number of anilines is 2. The third-order valence-corrected chi connectivity index (χ3v) is 4.63. The Morgan fingerprint density at radius 2 is 2.19 bits per heavy atom. The molecular formula is C13H21N5OS2. The van der Waals surface area contributed by atoms with Crippen molar-refractivity contribution in [2.24, 2.45) is 0 Å². The van der Waals surface area contributed by atoms with Gasteiger partial charge in [-0.25, -0.2) is 4.98 Å². The number of likely N-dealkylation sites (N-methyl/N-ethyl adjacent to an activating group) is 1. The van der Waals surface area contributed by atoms with Gasteiger partial charge >= 0.3 is 0 Å². The summed E-state index contributed by atoms with van der Waals surface area (Å²) >= 11 is 2.84. The van der Waals surface area contributed by atoms with Crippen LogP contribution in [0.3, 0.4) is 0 Å². The molecule has 2 aromatic heterocycles. The molecule has 0 aliphatic rings. The Morgan fingerprint density at radius 3 is 2.76 bits per heavy atom. The molecule has 0 aliphatic heterocycles. The van der Waals surface area contributed by atoms with E-state index in [4.69, 9.17) is 5.73 Å². The van der Waals surface area contributed by atoms with Crippen molar-refractivity contribution in [1.29, 1.82) is 0 Å². The Bertz CT molecular complexity index is 605. The van der Waals surface area contributed by atoms with E-state index in [-0.39, 0.29) is 0 Å². The Hall–Kier alpha value is -1.22. The van der Waals surface area contributed by atoms with Gasteiger partial charge in [-0.05, 0) is 39.5 Å². The second kappa shape index (κ2) is 6.27. The predicted octanol–water partition coefficient (Wildman–Crippen LogP) is 1.88. The largest absolute Gasteiger partial charge is 0.387 e. The van der Waals surface area contributed by atoms with Crippen molar-refractivity contribution < 1.29 is 5.11 Å². The number of aromatic nitrogens is 2. The fourth-order valence-corrected chi connectivity index (χ4v) is 3.74. The number of rotatable bonds is 6. The SMILES string of the molecule is Cc1csc(-c2c(N)nsc2NCC(C)(O)CN(C)C)n1. The van der Waals surface area contributed by atoms with Gasteiger partial charge in [0, 0.05) is 24.2 Å². The molecule has 0 aromatic carbocycles. The van der Waals surface area contributed by atoms with E-state index < -0.39 is 5.60 Å². The molecule has 0 saturated carbocycles. The maximum absolute atomic E-state index is 10.4. The Labute approximate surface area is 132 Å². The number of nitrogens with zero attached hydrogens (tertiary/aromatic N) is 3. The van der Waals surface area contributed by atoms with Gasteiger partial charge in [0.1, 0.15) is 15.8 Å². The third-order valence-electron chi connectivity index (χ3n) is 2.84. The van der Waals surface area contributed by atoms with Crippen LogP contribution in [0.2, 0.25) is 0 Å². The molecule has 0 bridgehead atoms. The molecule has 0 aliphatic carbocycles. The van der Waals surface area contributed by atoms with Gasteiger partial charge in [0.2, 0.25) is 0 Å². The molecular weight excluding hydrogens is 306 g/mol. The highest BCUT2D eigenvalue weighted by molar-refractivity contribution is 7.15. The predicted molar refractivity (Wildman–Crippen MR) is 90.0 cm³/mol. The first-order chi connectivity index (χ1) is 9.78. The van der Waals surface area contributed by atoms with Crippen molar-refractivity contribution >= 4 is 33.7 Å². The monoisotopic (exact) mass is 327 g/mol. The number of nitrogens with two attached hydrogens (primary N) is 1. The second-order valence-electron chi connectivity index (χ2n) is 5.65. The van der Waals surface area contributed by atoms with Crippen LogP contribution < -0.4 is 11.1 Å². The van der Waals surface area contributed by atoms with E-state index in [1.807, 2.05) is 31.3 Å². The maximum Gasteiger partial charge on any atom is 0.149 e. The first kappa shape index (κ1) is 16.2. The van der Waals surface area contributed by atoms with Crippen LogP contribution in [0, 0.1) is 6.92 Å². The zero-order valence-electron chi connectivity index (χ0n) is 12.7. The van der Waals surface area contributed by atoms with Crippen LogP contribution in [0.4, 0.5) is 10.8 Å². The number of thiazole rings is 1. The zero-order chi connectivity index (χ0) is 15.6. The topological polar surface area (TPSA) is 87.3 Å². The van der Waals surface area contributed by atoms with Crippen molar-refractivity contribution in [2.45, 2.75) is 19.4 Å². The van der Waals surface area contributed by atoms with Crippen LogP contribution in [-0.4, -0.2) is 52.1 Å². The highest BCUT2D eigenvalue weighted by Crippen LogP contribution is 2.38. The minimum Gasteiger partial charge on any atom is -0.387 e. The van der Waals surface area contributed by atoms with Crippen LogP contribution in [0.15, 0.2) is 5.38 Å². The highest BCUT2D eigenvalue weighted by atomic mass is 32.1. The van der Waals surface area contributed by atoms with Gasteiger partial charge in [-0.3, -0.25) is 0 Å². The van der Waals surface area contributed by atoms with E-state index in [1.54, 1.807) is 18.3 Å². The minimum absolute atomic E-state index is 0.421. The normalized spacial score (nSPS) is 14.4. The van der Waals surface area contributed by atoms with Gasteiger partial charge in [-0.2, -0.15) is 4.37 Å². The van der Waals surface area contributed by atoms with E-state index in [9.17, 15) is 5.11 Å². The quantitative estimate of drug-likeness (QED) is 0.751. The van der Waals surface area contributed by atoms with Gasteiger partial charge in [-0.15, -0.1) is 11.3 Å². The Morgan fingerprint density at radius 1 is 1.48 bits per heavy atom. The molecule has 0 spiro atoms. The summed E-state index contributed by atoms with van der Waals surface area (Å²) in [6, 6.07) is 0. The summed E-state index contributed by atoms with van der Waals surface area (Å²) in [5.74, 6) is 0.476. The first-order valence-electron chi connectivity index (χ1n) is 6.57. The third kappa shape index (κ3) is 4.13. The Kier molecular flexibility index (Phi) is 4.82. The number of nitrogen functional groups attached to an aromatic ring is 1. The van der Waals surface area contributed by atoms with Crippen LogP contribution in [0.25, 0.3) is 10.6 Å². The fourth-order valence-electron chi connectivity index (χ4n) is 2.11. The molecule has 1 unspecified atom stereocenters. The lowest BCUT2D eigenvalue weighted by Crippen LogP contribution is -2.42. The zero-order valence-corrected chi connectivity index (χ0v) is 14.3. The van der Waals surface area contributed by atoms with Gasteiger partial charge in [-0.1, -0.05) is 0 Å². The number of hydrogen-bond acceptors (Lipinski definition) is 8. The fraction of sp³-hybridized carbons (Fsp3) is 0.538. The van der Waals surface area contributed by atoms with Gasteiger partial charge < -0.3 is 21.1 Å². The summed E-state index contributed by atoms with van der Waals surface area (Å²) in [5.41, 5.74) is 6.92. The van der Waals surface area contributed by atoms with Crippen LogP contribution >= 0.6 is 22.9 Å². The Balaban J connectivity index is 2.15. The average Bonchev–Trinajstić information content (AvgIpc) is 2.91. The number of nitrogens with one attached hydrogen (secondary N) is 1. The van der Waals surface area contributed by atoms with Crippen molar-refractivity contribution in [3.8, 4) is 10.6 Å². The first-order valence-corrected chi connectivity index (χ1v) is 8.22. The standard InChI is InChI=1S/C13H21N5OS2/c1-8-5-20-12(16-8)9-10(14)17-21-11(9)15-6-13(2,19)7-18(3)4/h5,15,19H,6-7H2,1-4H3,(H2,14,17). The summed E-state index contributed by atoms with van der Waals surface area (Å²) in [4.78, 5) is 6.41. The lowest BCUT2D eigenvalue weighted by Gasteiger charge is -2.27. The molecule has 6 nitrogen and oxygen atoms in total. The maximum atomic E-state index is 10.4. The molecule has 2 rings (SSSR count). The van der Waals surface area contributed by atoms with Crippen molar-refractivity contribution in [3.63, 3.8) is 0 Å². The van der Waals surface area contributed by atoms with E-state index in [0.29, 0.717) is 18.9 Å². The molecule has 0 radical (unpaired) electrons. The van der Waals surface area contributed by atoms with E-state index in [2.05, 4.69) is 14.7 Å². The number of aliphatic hydroxyl groups is 1. The van der Waals surface area contributed by atoms with Gasteiger partial charge in [0.05, 0.1) is 11.2 Å². The lowest BCUT2D eigenvalue weighted by molar-refractivity contribution is 0.0460. The van der Waals surface area contributed by atoms with E-state index >= 15 is 0 Å². The van der Waals surface area contributed by atoms with Crippen LogP contribution in [0.1, 0.15) is 12.6 Å². The molecule has 2 aromatic rings. The molecule has 4 N–H and O–H groups in total. The van der Waals surface area contributed by atoms with Gasteiger partial charge in [0.25, 0.3) is 0 Å². The van der Waals surface area contributed by atoms with Crippen molar-refractivity contribution in [1.82, 2.24) is 14.3 Å². The summed E-state index contributed by atoms with van der Waals surface area (Å²) in [6.45, 7) is 4.74. The second-order valence-corrected chi connectivity index (χ2v) is 7.29. The molecule has 0 amide bonds. The average molecular weight is 327 g/mol. The molecule has 0 saturated heterocycles. The summed E-state index contributed by atoms with van der Waals surface area (Å²) in [6.07, 6.45) is 0. The smallest absolute Gasteiger partial charge is 0.149 e. The molecule has 1 atom stereocenters. The summed E-state index contributed by atoms with van der Waals surface area (Å²) < 4.78 is 4.20. The molecule has 2 heterocycles. The van der Waals surface area contributed by atoms with Gasteiger partial charge in [0.15, 0.2) is 0 Å².